The van der Waals surface area contributed by atoms with Gasteiger partial charge in [0.2, 0.25) is 5.91 Å². The summed E-state index contributed by atoms with van der Waals surface area (Å²) in [4.78, 5) is 22.6. The van der Waals surface area contributed by atoms with Gasteiger partial charge in [-0.1, -0.05) is 0 Å². The van der Waals surface area contributed by atoms with E-state index in [0.29, 0.717) is 31.4 Å². The number of amides is 1. The molecule has 7 nitrogen and oxygen atoms in total. The SMILES string of the molecule is CCOCc1nc(N)cc(N2CCCC(C(=O)NC)C2)n1. The van der Waals surface area contributed by atoms with Crippen molar-refractivity contribution in [2.24, 2.45) is 5.92 Å². The first-order valence-electron chi connectivity index (χ1n) is 7.31. The van der Waals surface area contributed by atoms with Crippen LogP contribution in [0.4, 0.5) is 11.6 Å². The van der Waals surface area contributed by atoms with Crippen molar-refractivity contribution in [3.8, 4) is 0 Å². The molecule has 1 amide bonds. The van der Waals surface area contributed by atoms with Crippen molar-refractivity contribution in [3.63, 3.8) is 0 Å². The Balaban J connectivity index is 2.12. The second kappa shape index (κ2) is 7.21. The monoisotopic (exact) mass is 293 g/mol. The first-order valence-corrected chi connectivity index (χ1v) is 7.31. The van der Waals surface area contributed by atoms with Gasteiger partial charge in [0.05, 0.1) is 5.92 Å². The second-order valence-corrected chi connectivity index (χ2v) is 5.10. The number of carbonyl (C=O) groups is 1. The summed E-state index contributed by atoms with van der Waals surface area (Å²) in [6.45, 7) is 4.41. The van der Waals surface area contributed by atoms with Crippen molar-refractivity contribution in [1.29, 1.82) is 0 Å². The number of nitrogens with one attached hydrogen (secondary N) is 1. The van der Waals surface area contributed by atoms with E-state index in [4.69, 9.17) is 10.5 Å². The molecule has 1 atom stereocenters. The molecule has 0 saturated carbocycles. The highest BCUT2D eigenvalue weighted by Crippen LogP contribution is 2.23. The van der Waals surface area contributed by atoms with E-state index >= 15 is 0 Å². The fourth-order valence-corrected chi connectivity index (χ4v) is 2.53. The van der Waals surface area contributed by atoms with Crippen molar-refractivity contribution >= 4 is 17.5 Å². The van der Waals surface area contributed by atoms with Gasteiger partial charge in [-0.05, 0) is 19.8 Å². The number of rotatable bonds is 5. The number of nitrogens with zero attached hydrogens (tertiary/aromatic N) is 3. The van der Waals surface area contributed by atoms with Gasteiger partial charge in [0, 0.05) is 32.8 Å². The van der Waals surface area contributed by atoms with Gasteiger partial charge in [0.25, 0.3) is 0 Å². The maximum absolute atomic E-state index is 11.8. The summed E-state index contributed by atoms with van der Waals surface area (Å²) in [5.74, 6) is 1.85. The zero-order chi connectivity index (χ0) is 15.2. The van der Waals surface area contributed by atoms with Crippen LogP contribution < -0.4 is 16.0 Å². The molecule has 1 aromatic heterocycles. The highest BCUT2D eigenvalue weighted by atomic mass is 16.5. The minimum atomic E-state index is -0.00437. The molecule has 0 bridgehead atoms. The van der Waals surface area contributed by atoms with E-state index in [2.05, 4.69) is 20.2 Å². The normalized spacial score (nSPS) is 18.6. The number of anilines is 2. The lowest BCUT2D eigenvalue weighted by atomic mass is 9.97. The molecule has 116 valence electrons. The molecule has 1 aromatic rings. The summed E-state index contributed by atoms with van der Waals surface area (Å²) >= 11 is 0. The van der Waals surface area contributed by atoms with Crippen LogP contribution >= 0.6 is 0 Å². The molecule has 2 heterocycles. The molecule has 0 aliphatic carbocycles. The van der Waals surface area contributed by atoms with E-state index in [-0.39, 0.29) is 11.8 Å². The number of ether oxygens (including phenoxy) is 1. The lowest BCUT2D eigenvalue weighted by molar-refractivity contribution is -0.124. The molecule has 21 heavy (non-hydrogen) atoms. The average molecular weight is 293 g/mol. The summed E-state index contributed by atoms with van der Waals surface area (Å²) in [6.07, 6.45) is 1.87. The predicted octanol–water partition coefficient (Wildman–Crippen LogP) is 0.558. The highest BCUT2D eigenvalue weighted by Gasteiger charge is 2.26. The first-order chi connectivity index (χ1) is 10.1. The number of aromatic nitrogens is 2. The average Bonchev–Trinajstić information content (AvgIpc) is 2.51. The quantitative estimate of drug-likeness (QED) is 0.824. The third kappa shape index (κ3) is 4.04. The van der Waals surface area contributed by atoms with Gasteiger partial charge >= 0.3 is 0 Å². The Bertz CT molecular complexity index is 494. The van der Waals surface area contributed by atoms with E-state index in [1.807, 2.05) is 6.92 Å². The van der Waals surface area contributed by atoms with Crippen molar-refractivity contribution in [2.75, 3.05) is 37.4 Å². The van der Waals surface area contributed by atoms with Crippen LogP contribution in [0.5, 0.6) is 0 Å². The van der Waals surface area contributed by atoms with Crippen molar-refractivity contribution in [1.82, 2.24) is 15.3 Å². The zero-order valence-corrected chi connectivity index (χ0v) is 12.6. The summed E-state index contributed by atoms with van der Waals surface area (Å²) in [7, 11) is 1.67. The molecule has 0 aromatic carbocycles. The lowest BCUT2D eigenvalue weighted by Crippen LogP contribution is -2.42. The van der Waals surface area contributed by atoms with Crippen LogP contribution in [-0.2, 0) is 16.1 Å². The molecule has 0 spiro atoms. The Morgan fingerprint density at radius 3 is 3.10 bits per heavy atom. The molecule has 7 heteroatoms. The van der Waals surface area contributed by atoms with Crippen LogP contribution in [0.1, 0.15) is 25.6 Å². The lowest BCUT2D eigenvalue weighted by Gasteiger charge is -2.32. The van der Waals surface area contributed by atoms with E-state index in [9.17, 15) is 4.79 Å². The van der Waals surface area contributed by atoms with E-state index in [1.165, 1.54) is 0 Å². The second-order valence-electron chi connectivity index (χ2n) is 5.10. The van der Waals surface area contributed by atoms with Crippen LogP contribution in [0.25, 0.3) is 0 Å². The Hall–Kier alpha value is -1.89. The van der Waals surface area contributed by atoms with Crippen LogP contribution in [0.2, 0.25) is 0 Å². The number of nitrogens with two attached hydrogens (primary N) is 1. The van der Waals surface area contributed by atoms with E-state index in [0.717, 1.165) is 25.2 Å². The minimum absolute atomic E-state index is 0.00437. The van der Waals surface area contributed by atoms with Crippen molar-refractivity contribution in [3.05, 3.63) is 11.9 Å². The number of hydrogen-bond acceptors (Lipinski definition) is 6. The maximum Gasteiger partial charge on any atom is 0.224 e. The highest BCUT2D eigenvalue weighted by molar-refractivity contribution is 5.79. The molecule has 1 unspecified atom stereocenters. The van der Waals surface area contributed by atoms with E-state index in [1.54, 1.807) is 13.1 Å². The molecule has 0 radical (unpaired) electrons. The number of piperidine rings is 1. The standard InChI is InChI=1S/C14H23N5O2/c1-3-21-9-12-17-11(15)7-13(18-12)19-6-4-5-10(8-19)14(20)16-2/h7,10H,3-6,8-9H2,1-2H3,(H,16,20)(H2,15,17,18). The third-order valence-corrected chi connectivity index (χ3v) is 3.58. The molecular weight excluding hydrogens is 270 g/mol. The molecule has 2 rings (SSSR count). The van der Waals surface area contributed by atoms with Gasteiger partial charge in [-0.15, -0.1) is 0 Å². The number of hydrogen-bond donors (Lipinski definition) is 2. The number of nitrogen functional groups attached to an aromatic ring is 1. The maximum atomic E-state index is 11.8. The molecule has 1 aliphatic heterocycles. The van der Waals surface area contributed by atoms with Crippen LogP contribution in [-0.4, -0.2) is 42.6 Å². The van der Waals surface area contributed by atoms with Crippen molar-refractivity contribution in [2.45, 2.75) is 26.4 Å². The topological polar surface area (TPSA) is 93.4 Å². The van der Waals surface area contributed by atoms with E-state index < -0.39 is 0 Å². The summed E-state index contributed by atoms with van der Waals surface area (Å²) in [5.41, 5.74) is 5.85. The van der Waals surface area contributed by atoms with Gasteiger partial charge in [-0.25, -0.2) is 9.97 Å². The Labute approximate surface area is 124 Å². The van der Waals surface area contributed by atoms with Gasteiger partial charge in [-0.3, -0.25) is 4.79 Å². The van der Waals surface area contributed by atoms with Gasteiger partial charge < -0.3 is 20.7 Å². The zero-order valence-electron chi connectivity index (χ0n) is 12.6. The Kier molecular flexibility index (Phi) is 5.32. The summed E-state index contributed by atoms with van der Waals surface area (Å²) < 4.78 is 5.33. The predicted molar refractivity (Wildman–Crippen MR) is 80.8 cm³/mol. The van der Waals surface area contributed by atoms with Crippen LogP contribution in [0.15, 0.2) is 6.07 Å². The minimum Gasteiger partial charge on any atom is -0.384 e. The smallest absolute Gasteiger partial charge is 0.224 e. The summed E-state index contributed by atoms with van der Waals surface area (Å²) in [5, 5.41) is 2.71. The molecular formula is C14H23N5O2. The summed E-state index contributed by atoms with van der Waals surface area (Å²) in [6, 6.07) is 1.75. The van der Waals surface area contributed by atoms with Gasteiger partial charge in [-0.2, -0.15) is 0 Å². The van der Waals surface area contributed by atoms with Crippen LogP contribution in [0, 0.1) is 5.92 Å². The molecule has 1 fully saturated rings. The molecule has 1 aliphatic rings. The van der Waals surface area contributed by atoms with Gasteiger partial charge in [0.1, 0.15) is 18.2 Å². The van der Waals surface area contributed by atoms with Gasteiger partial charge in [0.15, 0.2) is 5.82 Å². The molecule has 1 saturated heterocycles. The van der Waals surface area contributed by atoms with Crippen molar-refractivity contribution < 1.29 is 9.53 Å². The fraction of sp³-hybridized carbons (Fsp3) is 0.643. The first kappa shape index (κ1) is 15.5. The third-order valence-electron chi connectivity index (χ3n) is 3.58. The number of carbonyl (C=O) groups excluding carboxylic acids is 1. The van der Waals surface area contributed by atoms with Crippen LogP contribution in [0.3, 0.4) is 0 Å². The molecule has 3 N–H and O–H groups in total. The fourth-order valence-electron chi connectivity index (χ4n) is 2.53. The Morgan fingerprint density at radius 2 is 2.38 bits per heavy atom. The Morgan fingerprint density at radius 1 is 1.57 bits per heavy atom. The largest absolute Gasteiger partial charge is 0.384 e.